The number of anilines is 1. The Hall–Kier alpha value is -1.55. The van der Waals surface area contributed by atoms with Crippen LogP contribution in [0, 0.1) is 6.92 Å². The van der Waals surface area contributed by atoms with E-state index in [0.29, 0.717) is 6.47 Å². The minimum atomic E-state index is -0.0985. The van der Waals surface area contributed by atoms with Crippen LogP contribution in [0.5, 0.6) is 0 Å². The molecule has 0 heterocycles. The largest absolute Gasteiger partial charge is 0.465 e. The van der Waals surface area contributed by atoms with E-state index >= 15 is 0 Å². The highest BCUT2D eigenvalue weighted by Crippen LogP contribution is 2.06. The van der Waals surface area contributed by atoms with Gasteiger partial charge in [-0.3, -0.25) is 4.79 Å². The fraction of sp³-hybridized carbons (Fsp3) is 0.364. The molecule has 0 spiro atoms. The molecular weight excluding hydrogens is 194 g/mol. The molecule has 0 aliphatic rings. The quantitative estimate of drug-likeness (QED) is 0.580. The van der Waals surface area contributed by atoms with Crippen molar-refractivity contribution in [3.8, 4) is 0 Å². The predicted octanol–water partition coefficient (Wildman–Crippen LogP) is 1.19. The third-order valence-corrected chi connectivity index (χ3v) is 1.62. The number of carbonyl (C=O) groups excluding carboxylic acids is 1. The lowest BCUT2D eigenvalue weighted by molar-refractivity contribution is -0.129. The summed E-state index contributed by atoms with van der Waals surface area (Å²) in [5, 5.41) is 11.0. The van der Waals surface area contributed by atoms with E-state index in [4.69, 9.17) is 5.11 Å². The van der Waals surface area contributed by atoms with Crippen molar-refractivity contribution in [3.63, 3.8) is 0 Å². The van der Waals surface area contributed by atoms with Crippen LogP contribution in [0.1, 0.15) is 5.56 Å². The maximum atomic E-state index is 9.23. The molecule has 0 aromatic heterocycles. The van der Waals surface area contributed by atoms with Crippen molar-refractivity contribution < 1.29 is 14.6 Å². The molecule has 84 valence electrons. The standard InChI is InChI=1S/C8H11N.C3H6O3/c1-7-3-5-8(9-2)6-4-7;4-1-2-6-3-5/h3-6,9H,1-2H3;3-4H,1-2H2. The molecule has 0 fully saturated rings. The number of benzene rings is 1. The van der Waals surface area contributed by atoms with Crippen molar-refractivity contribution in [2.24, 2.45) is 0 Å². The molecule has 4 nitrogen and oxygen atoms in total. The third-order valence-electron chi connectivity index (χ3n) is 1.62. The maximum absolute atomic E-state index is 9.23. The second-order valence-electron chi connectivity index (χ2n) is 2.81. The topological polar surface area (TPSA) is 58.6 Å². The number of carbonyl (C=O) groups is 1. The molecule has 0 aliphatic carbocycles. The Labute approximate surface area is 89.9 Å². The van der Waals surface area contributed by atoms with Gasteiger partial charge in [-0.15, -0.1) is 0 Å². The first-order valence-electron chi connectivity index (χ1n) is 4.65. The fourth-order valence-electron chi connectivity index (χ4n) is 0.821. The van der Waals surface area contributed by atoms with Gasteiger partial charge in [0.15, 0.2) is 0 Å². The summed E-state index contributed by atoms with van der Waals surface area (Å²) in [7, 11) is 1.92. The number of aliphatic hydroxyl groups is 1. The smallest absolute Gasteiger partial charge is 0.293 e. The van der Waals surface area contributed by atoms with Crippen LogP contribution in [-0.2, 0) is 9.53 Å². The van der Waals surface area contributed by atoms with Crippen molar-refractivity contribution in [2.45, 2.75) is 6.92 Å². The molecule has 0 unspecified atom stereocenters. The fourth-order valence-corrected chi connectivity index (χ4v) is 0.821. The monoisotopic (exact) mass is 211 g/mol. The van der Waals surface area contributed by atoms with E-state index in [1.165, 1.54) is 11.3 Å². The van der Waals surface area contributed by atoms with E-state index in [-0.39, 0.29) is 13.2 Å². The first-order valence-corrected chi connectivity index (χ1v) is 4.65. The molecule has 15 heavy (non-hydrogen) atoms. The molecule has 0 radical (unpaired) electrons. The highest BCUT2D eigenvalue weighted by atomic mass is 16.5. The Balaban J connectivity index is 0.000000288. The Kier molecular flexibility index (Phi) is 8.09. The Morgan fingerprint density at radius 2 is 2.00 bits per heavy atom. The van der Waals surface area contributed by atoms with Crippen LogP contribution in [0.15, 0.2) is 24.3 Å². The van der Waals surface area contributed by atoms with Crippen molar-refractivity contribution in [2.75, 3.05) is 25.6 Å². The number of hydrogen-bond acceptors (Lipinski definition) is 4. The van der Waals surface area contributed by atoms with E-state index < -0.39 is 0 Å². The zero-order valence-corrected chi connectivity index (χ0v) is 9.06. The van der Waals surface area contributed by atoms with Gasteiger partial charge in [0, 0.05) is 12.7 Å². The van der Waals surface area contributed by atoms with Gasteiger partial charge in [0.25, 0.3) is 6.47 Å². The van der Waals surface area contributed by atoms with Crippen molar-refractivity contribution >= 4 is 12.2 Å². The summed E-state index contributed by atoms with van der Waals surface area (Å²) in [5.74, 6) is 0. The van der Waals surface area contributed by atoms with Gasteiger partial charge in [-0.2, -0.15) is 0 Å². The SMILES string of the molecule is CNc1ccc(C)cc1.O=COCCO. The summed E-state index contributed by atoms with van der Waals surface area (Å²) in [4.78, 5) is 9.23. The number of ether oxygens (including phenoxy) is 1. The van der Waals surface area contributed by atoms with Crippen molar-refractivity contribution in [1.82, 2.24) is 0 Å². The molecular formula is C11H17NO3. The number of aryl methyl sites for hydroxylation is 1. The summed E-state index contributed by atoms with van der Waals surface area (Å²) in [5.41, 5.74) is 2.47. The van der Waals surface area contributed by atoms with Gasteiger partial charge >= 0.3 is 0 Å². The molecule has 1 aromatic rings. The molecule has 1 aromatic carbocycles. The highest BCUT2D eigenvalue weighted by Gasteiger charge is 1.83. The van der Waals surface area contributed by atoms with Crippen LogP contribution in [-0.4, -0.2) is 31.8 Å². The van der Waals surface area contributed by atoms with Gasteiger partial charge in [-0.1, -0.05) is 17.7 Å². The lowest BCUT2D eigenvalue weighted by Crippen LogP contribution is -1.95. The van der Waals surface area contributed by atoms with Crippen molar-refractivity contribution in [1.29, 1.82) is 0 Å². The molecule has 0 saturated carbocycles. The van der Waals surface area contributed by atoms with Crippen LogP contribution in [0.2, 0.25) is 0 Å². The van der Waals surface area contributed by atoms with E-state index in [2.05, 4.69) is 41.2 Å². The Morgan fingerprint density at radius 1 is 1.40 bits per heavy atom. The Bertz CT molecular complexity index is 259. The Morgan fingerprint density at radius 3 is 2.33 bits per heavy atom. The average molecular weight is 211 g/mol. The second-order valence-corrected chi connectivity index (χ2v) is 2.81. The van der Waals surface area contributed by atoms with Gasteiger partial charge in [0.05, 0.1) is 6.61 Å². The maximum Gasteiger partial charge on any atom is 0.293 e. The first-order chi connectivity index (χ1) is 7.24. The molecule has 4 heteroatoms. The molecule has 0 saturated heterocycles. The molecule has 0 atom stereocenters. The lowest BCUT2D eigenvalue weighted by atomic mass is 10.2. The summed E-state index contributed by atoms with van der Waals surface area (Å²) in [6.07, 6.45) is 0. The summed E-state index contributed by atoms with van der Waals surface area (Å²) < 4.78 is 4.05. The van der Waals surface area contributed by atoms with Gasteiger partial charge < -0.3 is 15.2 Å². The average Bonchev–Trinajstić information content (AvgIpc) is 2.28. The summed E-state index contributed by atoms with van der Waals surface area (Å²) in [6, 6.07) is 8.31. The van der Waals surface area contributed by atoms with E-state index in [9.17, 15) is 4.79 Å². The zero-order valence-electron chi connectivity index (χ0n) is 9.06. The summed E-state index contributed by atoms with van der Waals surface area (Å²) >= 11 is 0. The highest BCUT2D eigenvalue weighted by molar-refractivity contribution is 5.43. The third kappa shape index (κ3) is 7.52. The van der Waals surface area contributed by atoms with E-state index in [1.54, 1.807) is 0 Å². The number of nitrogens with one attached hydrogen (secondary N) is 1. The summed E-state index contributed by atoms with van der Waals surface area (Å²) in [6.45, 7) is 2.39. The predicted molar refractivity (Wildman–Crippen MR) is 59.8 cm³/mol. The molecule has 1 rings (SSSR count). The van der Waals surface area contributed by atoms with Gasteiger partial charge in [-0.05, 0) is 19.1 Å². The van der Waals surface area contributed by atoms with Crippen LogP contribution >= 0.6 is 0 Å². The molecule has 0 amide bonds. The lowest BCUT2D eigenvalue weighted by Gasteiger charge is -1.97. The normalized spacial score (nSPS) is 8.47. The van der Waals surface area contributed by atoms with Crippen LogP contribution in [0.3, 0.4) is 0 Å². The minimum Gasteiger partial charge on any atom is -0.465 e. The number of aliphatic hydroxyl groups excluding tert-OH is 1. The van der Waals surface area contributed by atoms with Crippen LogP contribution in [0.4, 0.5) is 5.69 Å². The molecule has 0 bridgehead atoms. The molecule has 0 aliphatic heterocycles. The van der Waals surface area contributed by atoms with Gasteiger partial charge in [0.1, 0.15) is 6.61 Å². The van der Waals surface area contributed by atoms with Gasteiger partial charge in [-0.25, -0.2) is 0 Å². The van der Waals surface area contributed by atoms with Crippen LogP contribution in [0.25, 0.3) is 0 Å². The molecule has 2 N–H and O–H groups in total. The number of hydrogen-bond donors (Lipinski definition) is 2. The zero-order chi connectivity index (χ0) is 11.5. The first kappa shape index (κ1) is 13.4. The number of rotatable bonds is 4. The van der Waals surface area contributed by atoms with E-state index in [0.717, 1.165) is 0 Å². The van der Waals surface area contributed by atoms with Gasteiger partial charge in [0.2, 0.25) is 0 Å². The second kappa shape index (κ2) is 9.02. The minimum absolute atomic E-state index is 0.0985. The van der Waals surface area contributed by atoms with Crippen molar-refractivity contribution in [3.05, 3.63) is 29.8 Å². The van der Waals surface area contributed by atoms with E-state index in [1.807, 2.05) is 7.05 Å². The van der Waals surface area contributed by atoms with Crippen LogP contribution < -0.4 is 5.32 Å².